The number of hydrogen-bond donors (Lipinski definition) is 1. The van der Waals surface area contributed by atoms with Crippen LogP contribution in [0.3, 0.4) is 0 Å². The van der Waals surface area contributed by atoms with Crippen LogP contribution in [-0.4, -0.2) is 34.8 Å². The summed E-state index contributed by atoms with van der Waals surface area (Å²) in [5.74, 6) is 0.580. The molecule has 0 radical (unpaired) electrons. The number of nitrogens with one attached hydrogen (secondary N) is 1. The molecule has 1 saturated carbocycles. The van der Waals surface area contributed by atoms with Crippen LogP contribution in [0.25, 0.3) is 0 Å². The van der Waals surface area contributed by atoms with Gasteiger partial charge in [-0.05, 0) is 32.1 Å². The number of imide groups is 1. The highest BCUT2D eigenvalue weighted by Gasteiger charge is 2.42. The van der Waals surface area contributed by atoms with Crippen molar-refractivity contribution in [3.8, 4) is 0 Å². The maximum atomic E-state index is 12.3. The number of hydrogen-bond acceptors (Lipinski definition) is 3. The van der Waals surface area contributed by atoms with E-state index in [9.17, 15) is 9.59 Å². The van der Waals surface area contributed by atoms with Gasteiger partial charge in [0.15, 0.2) is 0 Å². The zero-order valence-electron chi connectivity index (χ0n) is 11.6. The lowest BCUT2D eigenvalue weighted by Crippen LogP contribution is -2.46. The molecule has 0 aromatic heterocycles. The fraction of sp³-hybridized carbons (Fsp3) is 0.857. The second-order valence-electron chi connectivity index (χ2n) is 5.80. The number of carbonyl (C=O) groups is 2. The first-order valence-electron chi connectivity index (χ1n) is 7.16. The van der Waals surface area contributed by atoms with Crippen molar-refractivity contribution >= 4 is 11.8 Å². The third-order valence-corrected chi connectivity index (χ3v) is 4.49. The van der Waals surface area contributed by atoms with E-state index in [0.29, 0.717) is 18.4 Å². The molecule has 1 aliphatic heterocycles. The second-order valence-corrected chi connectivity index (χ2v) is 5.80. The van der Waals surface area contributed by atoms with Crippen LogP contribution in [0.5, 0.6) is 0 Å². The Morgan fingerprint density at radius 2 is 2.11 bits per heavy atom. The van der Waals surface area contributed by atoms with E-state index >= 15 is 0 Å². The largest absolute Gasteiger partial charge is 0.302 e. The lowest BCUT2D eigenvalue weighted by atomic mass is 10.0. The molecule has 2 fully saturated rings. The van der Waals surface area contributed by atoms with Crippen LogP contribution in [0.4, 0.5) is 0 Å². The number of rotatable bonds is 4. The lowest BCUT2D eigenvalue weighted by Gasteiger charge is -2.24. The van der Waals surface area contributed by atoms with E-state index < -0.39 is 0 Å². The van der Waals surface area contributed by atoms with Crippen LogP contribution in [0.2, 0.25) is 0 Å². The summed E-state index contributed by atoms with van der Waals surface area (Å²) >= 11 is 0. The average molecular weight is 252 g/mol. The summed E-state index contributed by atoms with van der Waals surface area (Å²) in [6.07, 6.45) is 4.74. The Morgan fingerprint density at radius 3 is 2.67 bits per heavy atom. The lowest BCUT2D eigenvalue weighted by molar-refractivity contribution is -0.141. The molecule has 2 amide bonds. The molecule has 0 spiro atoms. The summed E-state index contributed by atoms with van der Waals surface area (Å²) in [5.41, 5.74) is 0. The summed E-state index contributed by atoms with van der Waals surface area (Å²) in [4.78, 5) is 25.6. The summed E-state index contributed by atoms with van der Waals surface area (Å²) in [6, 6.07) is 0.151. The van der Waals surface area contributed by atoms with Crippen molar-refractivity contribution < 1.29 is 9.59 Å². The number of carbonyl (C=O) groups excluding carboxylic acids is 2. The number of likely N-dealkylation sites (tertiary alicyclic amines) is 1. The maximum Gasteiger partial charge on any atom is 0.247 e. The van der Waals surface area contributed by atoms with Gasteiger partial charge in [-0.3, -0.25) is 14.5 Å². The molecule has 1 heterocycles. The van der Waals surface area contributed by atoms with Crippen LogP contribution in [0, 0.1) is 5.92 Å². The molecule has 18 heavy (non-hydrogen) atoms. The van der Waals surface area contributed by atoms with E-state index in [4.69, 9.17) is 0 Å². The molecule has 1 saturated heterocycles. The predicted octanol–water partition coefficient (Wildman–Crippen LogP) is 1.69. The SMILES string of the molecule is CCC(C)N1C(=O)CC(NC2CCCC2C)C1=O. The van der Waals surface area contributed by atoms with Crippen LogP contribution < -0.4 is 5.32 Å². The van der Waals surface area contributed by atoms with Crippen molar-refractivity contribution in [1.29, 1.82) is 0 Å². The summed E-state index contributed by atoms with van der Waals surface area (Å²) in [5, 5.41) is 3.40. The minimum atomic E-state index is -0.281. The van der Waals surface area contributed by atoms with Crippen molar-refractivity contribution in [3.63, 3.8) is 0 Å². The standard InChI is InChI=1S/C14H24N2O2/c1-4-10(3)16-13(17)8-12(14(16)18)15-11-7-5-6-9(11)2/h9-12,15H,4-8H2,1-3H3. The molecular weight excluding hydrogens is 228 g/mol. The summed E-state index contributed by atoms with van der Waals surface area (Å²) in [7, 11) is 0. The van der Waals surface area contributed by atoms with Gasteiger partial charge in [0, 0.05) is 12.1 Å². The highest BCUT2D eigenvalue weighted by atomic mass is 16.2. The van der Waals surface area contributed by atoms with Crippen molar-refractivity contribution in [2.75, 3.05) is 0 Å². The highest BCUT2D eigenvalue weighted by Crippen LogP contribution is 2.27. The number of nitrogens with zero attached hydrogens (tertiary/aromatic N) is 1. The Morgan fingerprint density at radius 1 is 1.39 bits per heavy atom. The third kappa shape index (κ3) is 2.44. The zero-order chi connectivity index (χ0) is 13.3. The smallest absolute Gasteiger partial charge is 0.247 e. The van der Waals surface area contributed by atoms with Crippen LogP contribution in [0.15, 0.2) is 0 Å². The second kappa shape index (κ2) is 5.39. The van der Waals surface area contributed by atoms with Gasteiger partial charge >= 0.3 is 0 Å². The van der Waals surface area contributed by atoms with Crippen LogP contribution in [-0.2, 0) is 9.59 Å². The van der Waals surface area contributed by atoms with Crippen LogP contribution in [0.1, 0.15) is 52.9 Å². The first kappa shape index (κ1) is 13.5. The molecule has 1 N–H and O–H groups in total. The minimum absolute atomic E-state index is 0.0162. The molecule has 0 bridgehead atoms. The fourth-order valence-corrected chi connectivity index (χ4v) is 3.08. The van der Waals surface area contributed by atoms with E-state index in [-0.39, 0.29) is 23.9 Å². The quantitative estimate of drug-likeness (QED) is 0.775. The van der Waals surface area contributed by atoms with Gasteiger partial charge in [0.05, 0.1) is 12.5 Å². The molecule has 4 unspecified atom stereocenters. The Balaban J connectivity index is 1.99. The van der Waals surface area contributed by atoms with Gasteiger partial charge in [-0.1, -0.05) is 20.3 Å². The Kier molecular flexibility index (Phi) is 4.05. The molecule has 0 aromatic rings. The van der Waals surface area contributed by atoms with E-state index in [1.165, 1.54) is 17.7 Å². The maximum absolute atomic E-state index is 12.3. The van der Waals surface area contributed by atoms with Crippen molar-refractivity contribution in [1.82, 2.24) is 10.2 Å². The van der Waals surface area contributed by atoms with Crippen molar-refractivity contribution in [2.45, 2.75) is 71.0 Å². The van der Waals surface area contributed by atoms with Crippen LogP contribution >= 0.6 is 0 Å². The van der Waals surface area contributed by atoms with Gasteiger partial charge in [-0.15, -0.1) is 0 Å². The van der Waals surface area contributed by atoms with Crippen molar-refractivity contribution in [3.05, 3.63) is 0 Å². The van der Waals surface area contributed by atoms with E-state index in [2.05, 4.69) is 12.2 Å². The fourth-order valence-electron chi connectivity index (χ4n) is 3.08. The molecule has 102 valence electrons. The number of amides is 2. The monoisotopic (exact) mass is 252 g/mol. The third-order valence-electron chi connectivity index (χ3n) is 4.49. The van der Waals surface area contributed by atoms with Gasteiger partial charge < -0.3 is 5.32 Å². The Labute approximate surface area is 109 Å². The summed E-state index contributed by atoms with van der Waals surface area (Å²) in [6.45, 7) is 6.17. The van der Waals surface area contributed by atoms with Crippen molar-refractivity contribution in [2.24, 2.45) is 5.92 Å². The first-order chi connectivity index (χ1) is 8.54. The molecule has 0 aromatic carbocycles. The van der Waals surface area contributed by atoms with E-state index in [1.807, 2.05) is 13.8 Å². The van der Waals surface area contributed by atoms with Gasteiger partial charge in [0.25, 0.3) is 0 Å². The molecule has 2 aliphatic rings. The zero-order valence-corrected chi connectivity index (χ0v) is 11.6. The molecular formula is C14H24N2O2. The molecule has 4 atom stereocenters. The van der Waals surface area contributed by atoms with Gasteiger partial charge in [-0.25, -0.2) is 0 Å². The molecule has 2 rings (SSSR count). The summed E-state index contributed by atoms with van der Waals surface area (Å²) < 4.78 is 0. The first-order valence-corrected chi connectivity index (χ1v) is 7.16. The topological polar surface area (TPSA) is 49.4 Å². The Bertz CT molecular complexity index is 343. The molecule has 1 aliphatic carbocycles. The van der Waals surface area contributed by atoms with Gasteiger partial charge in [0.2, 0.25) is 11.8 Å². The van der Waals surface area contributed by atoms with Gasteiger partial charge in [-0.2, -0.15) is 0 Å². The van der Waals surface area contributed by atoms with E-state index in [0.717, 1.165) is 12.8 Å². The molecule has 4 heteroatoms. The Hall–Kier alpha value is -0.900. The normalized spacial score (nSPS) is 34.4. The molecule has 4 nitrogen and oxygen atoms in total. The average Bonchev–Trinajstić information content (AvgIpc) is 2.85. The predicted molar refractivity (Wildman–Crippen MR) is 69.9 cm³/mol. The minimum Gasteiger partial charge on any atom is -0.302 e. The highest BCUT2D eigenvalue weighted by molar-refractivity contribution is 6.05. The van der Waals surface area contributed by atoms with Gasteiger partial charge in [0.1, 0.15) is 0 Å². The van der Waals surface area contributed by atoms with E-state index in [1.54, 1.807) is 0 Å².